The zero-order chi connectivity index (χ0) is 15.6. The van der Waals surface area contributed by atoms with E-state index in [1.165, 1.54) is 19.4 Å². The van der Waals surface area contributed by atoms with Crippen molar-refractivity contribution in [2.45, 2.75) is 45.6 Å². The van der Waals surface area contributed by atoms with Gasteiger partial charge in [-0.25, -0.2) is 9.97 Å². The molecule has 21 heavy (non-hydrogen) atoms. The van der Waals surface area contributed by atoms with Crippen molar-refractivity contribution in [2.75, 3.05) is 44.4 Å². The third kappa shape index (κ3) is 3.46. The molecule has 5 heteroatoms. The van der Waals surface area contributed by atoms with E-state index in [-0.39, 0.29) is 0 Å². The van der Waals surface area contributed by atoms with Gasteiger partial charge in [0.25, 0.3) is 0 Å². The number of anilines is 2. The molecule has 1 unspecified atom stereocenters. The molecule has 1 aliphatic heterocycles. The highest BCUT2D eigenvalue weighted by Gasteiger charge is 2.24. The Labute approximate surface area is 128 Å². The monoisotopic (exact) mass is 291 g/mol. The van der Waals surface area contributed by atoms with Crippen molar-refractivity contribution in [3.63, 3.8) is 0 Å². The van der Waals surface area contributed by atoms with Crippen molar-refractivity contribution >= 4 is 11.6 Å². The number of nitrogens with one attached hydrogen (secondary N) is 1. The first-order chi connectivity index (χ1) is 9.93. The highest BCUT2D eigenvalue weighted by atomic mass is 15.3. The van der Waals surface area contributed by atoms with Crippen molar-refractivity contribution in [2.24, 2.45) is 0 Å². The second-order valence-corrected chi connectivity index (χ2v) is 6.45. The van der Waals surface area contributed by atoms with Crippen molar-refractivity contribution in [3.05, 3.63) is 11.4 Å². The number of likely N-dealkylation sites (N-methyl/N-ethyl adjacent to an activating group) is 2. The van der Waals surface area contributed by atoms with Crippen molar-refractivity contribution in [3.8, 4) is 0 Å². The predicted molar refractivity (Wildman–Crippen MR) is 89.3 cm³/mol. The van der Waals surface area contributed by atoms with Gasteiger partial charge in [0.15, 0.2) is 0 Å². The van der Waals surface area contributed by atoms with Crippen LogP contribution < -0.4 is 10.2 Å². The molecule has 1 aromatic rings. The molecule has 0 bridgehead atoms. The third-order valence-corrected chi connectivity index (χ3v) is 4.37. The summed E-state index contributed by atoms with van der Waals surface area (Å²) in [6, 6.07) is 0.530. The van der Waals surface area contributed by atoms with Gasteiger partial charge in [0, 0.05) is 38.2 Å². The molecule has 0 amide bonds. The zero-order valence-corrected chi connectivity index (χ0v) is 14.3. The van der Waals surface area contributed by atoms with Crippen LogP contribution >= 0.6 is 0 Å². The van der Waals surface area contributed by atoms with Crippen LogP contribution in [0.4, 0.5) is 11.6 Å². The van der Waals surface area contributed by atoms with Gasteiger partial charge in [-0.2, -0.15) is 0 Å². The number of rotatable bonds is 4. The van der Waals surface area contributed by atoms with Crippen LogP contribution in [0, 0.1) is 6.92 Å². The van der Waals surface area contributed by atoms with Crippen LogP contribution in [0.1, 0.15) is 44.0 Å². The van der Waals surface area contributed by atoms with Gasteiger partial charge in [0.05, 0.1) is 0 Å². The molecule has 0 spiro atoms. The summed E-state index contributed by atoms with van der Waals surface area (Å²) in [4.78, 5) is 14.2. The van der Waals surface area contributed by atoms with E-state index >= 15 is 0 Å². The topological polar surface area (TPSA) is 44.3 Å². The van der Waals surface area contributed by atoms with E-state index in [2.05, 4.69) is 55.0 Å². The van der Waals surface area contributed by atoms with E-state index < -0.39 is 0 Å². The van der Waals surface area contributed by atoms with Crippen LogP contribution in [0.3, 0.4) is 0 Å². The summed E-state index contributed by atoms with van der Waals surface area (Å²) < 4.78 is 0. The van der Waals surface area contributed by atoms with Gasteiger partial charge in [0.1, 0.15) is 17.5 Å². The Morgan fingerprint density at radius 2 is 2.05 bits per heavy atom. The zero-order valence-electron chi connectivity index (χ0n) is 14.3. The normalized spacial score (nSPS) is 19.9. The summed E-state index contributed by atoms with van der Waals surface area (Å²) in [7, 11) is 6.30. The van der Waals surface area contributed by atoms with Gasteiger partial charge < -0.3 is 15.1 Å². The molecule has 1 aliphatic rings. The summed E-state index contributed by atoms with van der Waals surface area (Å²) in [6.45, 7) is 8.69. The maximum Gasteiger partial charge on any atom is 0.137 e. The van der Waals surface area contributed by atoms with Crippen molar-refractivity contribution < 1.29 is 0 Å². The van der Waals surface area contributed by atoms with E-state index in [9.17, 15) is 0 Å². The number of hydrogen-bond acceptors (Lipinski definition) is 5. The lowest BCUT2D eigenvalue weighted by molar-refractivity contribution is 0.247. The summed E-state index contributed by atoms with van der Waals surface area (Å²) >= 11 is 0. The van der Waals surface area contributed by atoms with Crippen LogP contribution in [0.5, 0.6) is 0 Å². The van der Waals surface area contributed by atoms with Crippen LogP contribution in [0.2, 0.25) is 0 Å². The first-order valence-corrected chi connectivity index (χ1v) is 7.91. The van der Waals surface area contributed by atoms with Gasteiger partial charge in [-0.1, -0.05) is 13.8 Å². The average Bonchev–Trinajstić information content (AvgIpc) is 2.46. The van der Waals surface area contributed by atoms with Crippen molar-refractivity contribution in [1.82, 2.24) is 14.9 Å². The average molecular weight is 291 g/mol. The molecule has 118 valence electrons. The number of hydrogen-bond donors (Lipinski definition) is 1. The van der Waals surface area contributed by atoms with Crippen LogP contribution in [0.25, 0.3) is 0 Å². The highest BCUT2D eigenvalue weighted by Crippen LogP contribution is 2.28. The molecule has 2 rings (SSSR count). The number of nitrogens with zero attached hydrogens (tertiary/aromatic N) is 4. The molecule has 0 aliphatic carbocycles. The van der Waals surface area contributed by atoms with E-state index in [1.807, 2.05) is 7.05 Å². The summed E-state index contributed by atoms with van der Waals surface area (Å²) in [6.07, 6.45) is 2.49. The molecule has 1 N–H and O–H groups in total. The Morgan fingerprint density at radius 1 is 1.33 bits per heavy atom. The van der Waals surface area contributed by atoms with Crippen LogP contribution in [0.15, 0.2) is 0 Å². The van der Waals surface area contributed by atoms with E-state index in [1.54, 1.807) is 0 Å². The maximum atomic E-state index is 4.84. The first kappa shape index (κ1) is 16.0. The Balaban J connectivity index is 2.34. The molecule has 1 aromatic heterocycles. The summed E-state index contributed by atoms with van der Waals surface area (Å²) in [5.41, 5.74) is 1.14. The minimum absolute atomic E-state index is 0.332. The van der Waals surface area contributed by atoms with Gasteiger partial charge in [-0.05, 0) is 33.4 Å². The molecule has 1 atom stereocenters. The van der Waals surface area contributed by atoms with E-state index in [0.717, 1.165) is 29.6 Å². The Kier molecular flexibility index (Phi) is 5.04. The van der Waals surface area contributed by atoms with E-state index in [4.69, 9.17) is 4.98 Å². The second-order valence-electron chi connectivity index (χ2n) is 6.45. The number of likely N-dealkylation sites (tertiary alicyclic amines) is 1. The molecular formula is C16H29N5. The lowest BCUT2D eigenvalue weighted by atomic mass is 10.0. The van der Waals surface area contributed by atoms with Crippen molar-refractivity contribution in [1.29, 1.82) is 0 Å². The summed E-state index contributed by atoms with van der Waals surface area (Å²) in [5, 5.41) is 3.21. The predicted octanol–water partition coefficient (Wildman–Crippen LogP) is 2.48. The number of piperidine rings is 1. The standard InChI is InChI=1S/C16H29N5/c1-11(2)14-18-15(17-4)12(3)16(19-14)21(6)13-8-7-9-20(5)10-13/h11,13H,7-10H2,1-6H3,(H,17,18,19). The Bertz CT molecular complexity index is 486. The lowest BCUT2D eigenvalue weighted by Gasteiger charge is -2.37. The molecule has 5 nitrogen and oxygen atoms in total. The first-order valence-electron chi connectivity index (χ1n) is 7.91. The Hall–Kier alpha value is -1.36. The van der Waals surface area contributed by atoms with E-state index in [0.29, 0.717) is 12.0 Å². The van der Waals surface area contributed by atoms with Gasteiger partial charge in [0.2, 0.25) is 0 Å². The fourth-order valence-electron chi connectivity index (χ4n) is 2.99. The molecule has 1 saturated heterocycles. The van der Waals surface area contributed by atoms with Gasteiger partial charge in [-0.3, -0.25) is 0 Å². The molecule has 1 fully saturated rings. The summed E-state index contributed by atoms with van der Waals surface area (Å²) in [5.74, 6) is 3.26. The van der Waals surface area contributed by atoms with Crippen LogP contribution in [-0.2, 0) is 0 Å². The smallest absolute Gasteiger partial charge is 0.137 e. The number of aromatic nitrogens is 2. The van der Waals surface area contributed by atoms with Crippen LogP contribution in [-0.4, -0.2) is 55.1 Å². The Morgan fingerprint density at radius 3 is 2.62 bits per heavy atom. The fraction of sp³-hybridized carbons (Fsp3) is 0.750. The minimum atomic E-state index is 0.332. The fourth-order valence-corrected chi connectivity index (χ4v) is 2.99. The largest absolute Gasteiger partial charge is 0.373 e. The van der Waals surface area contributed by atoms with Gasteiger partial charge in [-0.15, -0.1) is 0 Å². The highest BCUT2D eigenvalue weighted by molar-refractivity contribution is 5.58. The second kappa shape index (κ2) is 6.60. The molecule has 0 radical (unpaired) electrons. The molecule has 2 heterocycles. The maximum absolute atomic E-state index is 4.84. The molecular weight excluding hydrogens is 262 g/mol. The SMILES string of the molecule is CNc1nc(C(C)C)nc(N(C)C2CCCN(C)C2)c1C. The molecule has 0 aromatic carbocycles. The molecule has 0 saturated carbocycles. The van der Waals surface area contributed by atoms with Gasteiger partial charge >= 0.3 is 0 Å². The quantitative estimate of drug-likeness (QED) is 0.923. The third-order valence-electron chi connectivity index (χ3n) is 4.37. The minimum Gasteiger partial charge on any atom is -0.373 e. The lowest BCUT2D eigenvalue weighted by Crippen LogP contribution is -2.45.